The first-order valence-corrected chi connectivity index (χ1v) is 7.79. The van der Waals surface area contributed by atoms with E-state index >= 15 is 0 Å². The van der Waals surface area contributed by atoms with Crippen molar-refractivity contribution in [1.29, 1.82) is 0 Å². The minimum absolute atomic E-state index is 0.0620. The Morgan fingerprint density at radius 3 is 2.42 bits per heavy atom. The van der Waals surface area contributed by atoms with E-state index in [1.165, 1.54) is 0 Å². The van der Waals surface area contributed by atoms with Crippen molar-refractivity contribution >= 4 is 21.5 Å². The second-order valence-electron chi connectivity index (χ2n) is 4.69. The first-order chi connectivity index (χ1) is 8.80. The van der Waals surface area contributed by atoms with Crippen LogP contribution in [0.2, 0.25) is 0 Å². The Morgan fingerprint density at radius 1 is 1.32 bits per heavy atom. The van der Waals surface area contributed by atoms with E-state index in [0.717, 1.165) is 5.69 Å². The number of hydrogen-bond acceptors (Lipinski definition) is 5. The van der Waals surface area contributed by atoms with Gasteiger partial charge in [0.25, 0.3) is 0 Å². The minimum atomic E-state index is -2.98. The van der Waals surface area contributed by atoms with Crippen molar-refractivity contribution in [3.05, 3.63) is 23.0 Å². The van der Waals surface area contributed by atoms with E-state index in [-0.39, 0.29) is 17.1 Å². The molecule has 1 N–H and O–H groups in total. The summed E-state index contributed by atoms with van der Waals surface area (Å²) in [5.74, 6) is -0.910. The lowest BCUT2D eigenvalue weighted by atomic mass is 10.1. The molecule has 19 heavy (non-hydrogen) atoms. The Morgan fingerprint density at radius 2 is 1.89 bits per heavy atom. The average Bonchev–Trinajstić information content (AvgIpc) is 2.26. The number of carboxylic acid groups (broad SMARTS) is 1. The van der Waals surface area contributed by atoms with E-state index in [1.807, 2.05) is 4.90 Å². The van der Waals surface area contributed by atoms with Gasteiger partial charge in [0.15, 0.2) is 9.84 Å². The fourth-order valence-electron chi connectivity index (χ4n) is 2.28. The van der Waals surface area contributed by atoms with Gasteiger partial charge in [-0.2, -0.15) is 0 Å². The van der Waals surface area contributed by atoms with Crippen molar-refractivity contribution < 1.29 is 18.3 Å². The lowest BCUT2D eigenvalue weighted by Crippen LogP contribution is -2.41. The van der Waals surface area contributed by atoms with Gasteiger partial charge >= 0.3 is 5.97 Å². The van der Waals surface area contributed by atoms with E-state index in [0.29, 0.717) is 24.5 Å². The standard InChI is InChI=1S/C12H16N2O4S/c1-8-7-10(11(12(15)16)9(2)13-8)14-3-5-19(17,18)6-4-14/h7H,3-6H2,1-2H3,(H,15,16). The molecule has 0 unspecified atom stereocenters. The summed E-state index contributed by atoms with van der Waals surface area (Å²) in [5.41, 5.74) is 1.90. The maximum atomic E-state index is 11.4. The summed E-state index contributed by atoms with van der Waals surface area (Å²) in [5, 5.41) is 9.29. The zero-order valence-corrected chi connectivity index (χ0v) is 11.7. The quantitative estimate of drug-likeness (QED) is 0.857. The van der Waals surface area contributed by atoms with E-state index in [4.69, 9.17) is 0 Å². The van der Waals surface area contributed by atoms with Crippen LogP contribution in [0.25, 0.3) is 0 Å². The number of sulfone groups is 1. The second-order valence-corrected chi connectivity index (χ2v) is 6.99. The normalized spacial score (nSPS) is 18.3. The molecule has 1 aliphatic rings. The predicted molar refractivity (Wildman–Crippen MR) is 71.5 cm³/mol. The summed E-state index contributed by atoms with van der Waals surface area (Å²) in [7, 11) is -2.98. The maximum Gasteiger partial charge on any atom is 0.339 e. The van der Waals surface area contributed by atoms with Gasteiger partial charge in [-0.15, -0.1) is 0 Å². The van der Waals surface area contributed by atoms with Crippen LogP contribution < -0.4 is 4.90 Å². The van der Waals surface area contributed by atoms with Crippen LogP contribution >= 0.6 is 0 Å². The minimum Gasteiger partial charge on any atom is -0.478 e. The highest BCUT2D eigenvalue weighted by Crippen LogP contribution is 2.25. The highest BCUT2D eigenvalue weighted by molar-refractivity contribution is 7.91. The third-order valence-electron chi connectivity index (χ3n) is 3.21. The predicted octanol–water partition coefficient (Wildman–Crippen LogP) is 0.631. The Balaban J connectivity index is 2.42. The molecule has 0 atom stereocenters. The van der Waals surface area contributed by atoms with Crippen molar-refractivity contribution in [1.82, 2.24) is 4.98 Å². The van der Waals surface area contributed by atoms with Gasteiger partial charge in [0.1, 0.15) is 5.56 Å². The first-order valence-electron chi connectivity index (χ1n) is 5.97. The summed E-state index contributed by atoms with van der Waals surface area (Å²) in [4.78, 5) is 17.3. The van der Waals surface area contributed by atoms with Crippen molar-refractivity contribution in [2.45, 2.75) is 13.8 Å². The zero-order chi connectivity index (χ0) is 14.2. The lowest BCUT2D eigenvalue weighted by Gasteiger charge is -2.30. The SMILES string of the molecule is Cc1cc(N2CCS(=O)(=O)CC2)c(C(=O)O)c(C)n1. The molecule has 0 saturated carbocycles. The number of rotatable bonds is 2. The Labute approximate surface area is 112 Å². The smallest absolute Gasteiger partial charge is 0.339 e. The van der Waals surface area contributed by atoms with Gasteiger partial charge in [0.05, 0.1) is 22.9 Å². The number of carbonyl (C=O) groups is 1. The fraction of sp³-hybridized carbons (Fsp3) is 0.500. The molecule has 1 saturated heterocycles. The number of carboxylic acids is 1. The third-order valence-corrected chi connectivity index (χ3v) is 4.82. The molecule has 6 nitrogen and oxygen atoms in total. The zero-order valence-electron chi connectivity index (χ0n) is 10.9. The van der Waals surface area contributed by atoms with Crippen LogP contribution in [-0.4, -0.2) is 49.1 Å². The van der Waals surface area contributed by atoms with Gasteiger partial charge in [-0.25, -0.2) is 13.2 Å². The van der Waals surface area contributed by atoms with Crippen LogP contribution in [-0.2, 0) is 9.84 Å². The van der Waals surface area contributed by atoms with Crippen LogP contribution in [0.1, 0.15) is 21.7 Å². The molecule has 1 fully saturated rings. The molecule has 1 aromatic heterocycles. The van der Waals surface area contributed by atoms with E-state index < -0.39 is 15.8 Å². The van der Waals surface area contributed by atoms with Crippen LogP contribution in [0.4, 0.5) is 5.69 Å². The summed E-state index contributed by atoms with van der Waals surface area (Å²) >= 11 is 0. The van der Waals surface area contributed by atoms with Crippen molar-refractivity contribution in [2.75, 3.05) is 29.5 Å². The summed E-state index contributed by atoms with van der Waals surface area (Å²) < 4.78 is 22.8. The Bertz CT molecular complexity index is 611. The molecular weight excluding hydrogens is 268 g/mol. The highest BCUT2D eigenvalue weighted by atomic mass is 32.2. The molecule has 0 aromatic carbocycles. The lowest BCUT2D eigenvalue weighted by molar-refractivity contribution is 0.0696. The van der Waals surface area contributed by atoms with Gasteiger partial charge in [0.2, 0.25) is 0 Å². The summed E-state index contributed by atoms with van der Waals surface area (Å²) in [6.07, 6.45) is 0. The molecule has 0 bridgehead atoms. The maximum absolute atomic E-state index is 11.4. The number of anilines is 1. The largest absolute Gasteiger partial charge is 0.478 e. The Kier molecular flexibility index (Phi) is 3.49. The molecule has 1 aromatic rings. The van der Waals surface area contributed by atoms with Crippen molar-refractivity contribution in [3.63, 3.8) is 0 Å². The molecule has 2 rings (SSSR count). The average molecular weight is 284 g/mol. The van der Waals surface area contributed by atoms with Crippen LogP contribution in [0.3, 0.4) is 0 Å². The molecule has 0 amide bonds. The molecule has 0 radical (unpaired) electrons. The molecule has 104 valence electrons. The van der Waals surface area contributed by atoms with Crippen LogP contribution in [0.15, 0.2) is 6.07 Å². The molecule has 7 heteroatoms. The van der Waals surface area contributed by atoms with Crippen LogP contribution in [0, 0.1) is 13.8 Å². The number of hydrogen-bond donors (Lipinski definition) is 1. The molecule has 1 aliphatic heterocycles. The topological polar surface area (TPSA) is 87.6 Å². The van der Waals surface area contributed by atoms with E-state index in [1.54, 1.807) is 19.9 Å². The van der Waals surface area contributed by atoms with Crippen LogP contribution in [0.5, 0.6) is 0 Å². The van der Waals surface area contributed by atoms with Gasteiger partial charge < -0.3 is 10.0 Å². The van der Waals surface area contributed by atoms with Crippen molar-refractivity contribution in [2.24, 2.45) is 0 Å². The third kappa shape index (κ3) is 2.86. The number of aromatic carboxylic acids is 1. The number of nitrogens with zero attached hydrogens (tertiary/aromatic N) is 2. The number of pyridine rings is 1. The molecule has 0 spiro atoms. The molecular formula is C12H16N2O4S. The first kappa shape index (κ1) is 13.8. The second kappa shape index (κ2) is 4.80. The van der Waals surface area contributed by atoms with Gasteiger partial charge in [0, 0.05) is 18.8 Å². The van der Waals surface area contributed by atoms with Gasteiger partial charge in [-0.05, 0) is 19.9 Å². The molecule has 0 aliphatic carbocycles. The summed E-state index contributed by atoms with van der Waals surface area (Å²) in [6, 6.07) is 1.70. The number of aryl methyl sites for hydroxylation is 2. The summed E-state index contributed by atoms with van der Waals surface area (Å²) in [6.45, 7) is 4.10. The number of aromatic nitrogens is 1. The van der Waals surface area contributed by atoms with E-state index in [9.17, 15) is 18.3 Å². The van der Waals surface area contributed by atoms with E-state index in [2.05, 4.69) is 4.98 Å². The van der Waals surface area contributed by atoms with Gasteiger partial charge in [-0.1, -0.05) is 0 Å². The highest BCUT2D eigenvalue weighted by Gasteiger charge is 2.26. The van der Waals surface area contributed by atoms with Gasteiger partial charge in [-0.3, -0.25) is 4.98 Å². The van der Waals surface area contributed by atoms with Crippen molar-refractivity contribution in [3.8, 4) is 0 Å². The molecule has 2 heterocycles. The Hall–Kier alpha value is -1.63. The monoisotopic (exact) mass is 284 g/mol. The fourth-order valence-corrected chi connectivity index (χ4v) is 3.48.